The number of likely N-dealkylation sites (tertiary alicyclic amines) is 1. The van der Waals surface area contributed by atoms with E-state index in [4.69, 9.17) is 0 Å². The predicted octanol–water partition coefficient (Wildman–Crippen LogP) is 1.77. The van der Waals surface area contributed by atoms with Gasteiger partial charge in [-0.2, -0.15) is 13.2 Å². The maximum atomic E-state index is 12.2. The highest BCUT2D eigenvalue weighted by molar-refractivity contribution is 9.09. The van der Waals surface area contributed by atoms with Crippen LogP contribution >= 0.6 is 15.9 Å². The van der Waals surface area contributed by atoms with Gasteiger partial charge < -0.3 is 5.11 Å². The molecule has 0 radical (unpaired) electrons. The second-order valence-corrected chi connectivity index (χ2v) is 4.81. The fourth-order valence-electron chi connectivity index (χ4n) is 1.63. The van der Waals surface area contributed by atoms with Crippen LogP contribution in [0.25, 0.3) is 0 Å². The van der Waals surface area contributed by atoms with Crippen molar-refractivity contribution in [2.24, 2.45) is 0 Å². The lowest BCUT2D eigenvalue weighted by atomic mass is 10.2. The first-order valence-corrected chi connectivity index (χ1v) is 5.35. The number of halogens is 4. The molecule has 0 spiro atoms. The molecule has 1 N–H and O–H groups in total. The van der Waals surface area contributed by atoms with Crippen LogP contribution in [0.15, 0.2) is 0 Å². The van der Waals surface area contributed by atoms with Gasteiger partial charge in [0, 0.05) is 19.1 Å². The van der Waals surface area contributed by atoms with E-state index < -0.39 is 17.1 Å². The topological polar surface area (TPSA) is 23.5 Å². The quantitative estimate of drug-likeness (QED) is 0.777. The summed E-state index contributed by atoms with van der Waals surface area (Å²) in [7, 11) is 0. The maximum absolute atomic E-state index is 12.2. The van der Waals surface area contributed by atoms with Gasteiger partial charge in [-0.1, -0.05) is 15.9 Å². The molecule has 0 aliphatic carbocycles. The summed E-state index contributed by atoms with van der Waals surface area (Å²) in [5, 5.41) is 9.25. The highest BCUT2D eigenvalue weighted by atomic mass is 79.9. The van der Waals surface area contributed by atoms with Crippen molar-refractivity contribution >= 4 is 15.9 Å². The molecule has 0 saturated carbocycles. The van der Waals surface area contributed by atoms with Crippen LogP contribution in [0.5, 0.6) is 0 Å². The molecule has 1 heterocycles. The lowest BCUT2D eigenvalue weighted by Crippen LogP contribution is -2.39. The van der Waals surface area contributed by atoms with Crippen LogP contribution in [0.3, 0.4) is 0 Å². The van der Waals surface area contributed by atoms with Gasteiger partial charge in [0.05, 0.1) is 6.10 Å². The Morgan fingerprint density at radius 1 is 1.57 bits per heavy atom. The lowest BCUT2D eigenvalue weighted by molar-refractivity contribution is -0.130. The van der Waals surface area contributed by atoms with E-state index >= 15 is 0 Å². The number of aliphatic hydroxyl groups excluding tert-OH is 1. The van der Waals surface area contributed by atoms with Crippen molar-refractivity contribution in [3.05, 3.63) is 0 Å². The third kappa shape index (κ3) is 3.10. The van der Waals surface area contributed by atoms with Crippen LogP contribution in [0.4, 0.5) is 13.2 Å². The Morgan fingerprint density at radius 3 is 2.50 bits per heavy atom. The first-order chi connectivity index (χ1) is 6.30. The van der Waals surface area contributed by atoms with Crippen LogP contribution in [0, 0.1) is 0 Å². The van der Waals surface area contributed by atoms with Crippen LogP contribution < -0.4 is 0 Å². The highest BCUT2D eigenvalue weighted by Gasteiger charge is 2.40. The Morgan fingerprint density at radius 2 is 2.14 bits per heavy atom. The van der Waals surface area contributed by atoms with Crippen molar-refractivity contribution in [3.63, 3.8) is 0 Å². The summed E-state index contributed by atoms with van der Waals surface area (Å²) in [4.78, 5) is 0.139. The van der Waals surface area contributed by atoms with Gasteiger partial charge in [-0.3, -0.25) is 4.90 Å². The number of rotatable bonds is 2. The maximum Gasteiger partial charge on any atom is 0.402 e. The highest BCUT2D eigenvalue weighted by Crippen LogP contribution is 2.29. The molecule has 0 aromatic rings. The summed E-state index contributed by atoms with van der Waals surface area (Å²) in [5.41, 5.74) is 0. The Hall–Kier alpha value is 0.190. The molecule has 3 unspecified atom stereocenters. The fraction of sp³-hybridized carbons (Fsp3) is 1.00. The van der Waals surface area contributed by atoms with Crippen LogP contribution in [-0.4, -0.2) is 46.2 Å². The van der Waals surface area contributed by atoms with Crippen LogP contribution in [-0.2, 0) is 0 Å². The van der Waals surface area contributed by atoms with E-state index in [0.717, 1.165) is 0 Å². The van der Waals surface area contributed by atoms with Gasteiger partial charge in [-0.25, -0.2) is 0 Å². The number of β-amino-alcohol motifs (C(OH)–C–C–N with tert-alkyl or cyclic N) is 1. The van der Waals surface area contributed by atoms with Gasteiger partial charge in [-0.15, -0.1) is 0 Å². The van der Waals surface area contributed by atoms with Crippen molar-refractivity contribution in [2.75, 3.05) is 13.1 Å². The number of hydrogen-bond acceptors (Lipinski definition) is 2. The smallest absolute Gasteiger partial charge is 0.392 e. The molecule has 1 fully saturated rings. The van der Waals surface area contributed by atoms with E-state index in [1.807, 2.05) is 6.92 Å². The minimum absolute atomic E-state index is 0.0207. The van der Waals surface area contributed by atoms with Gasteiger partial charge in [0.15, 0.2) is 0 Å². The summed E-state index contributed by atoms with van der Waals surface area (Å²) < 4.78 is 36.6. The second-order valence-electron chi connectivity index (χ2n) is 3.70. The zero-order valence-corrected chi connectivity index (χ0v) is 9.35. The second kappa shape index (κ2) is 4.37. The molecule has 1 saturated heterocycles. The molecule has 84 valence electrons. The molecular weight excluding hydrogens is 263 g/mol. The van der Waals surface area contributed by atoms with Gasteiger partial charge in [0.1, 0.15) is 4.83 Å². The SMILES string of the molecule is CC1CC(O)CN1CC(Br)C(F)(F)F. The fourth-order valence-corrected chi connectivity index (χ4v) is 2.00. The largest absolute Gasteiger partial charge is 0.402 e. The first kappa shape index (κ1) is 12.3. The monoisotopic (exact) mass is 275 g/mol. The Bertz CT molecular complexity index is 200. The normalized spacial score (nSPS) is 32.1. The minimum Gasteiger partial charge on any atom is -0.392 e. The molecule has 1 rings (SSSR count). The van der Waals surface area contributed by atoms with E-state index in [0.29, 0.717) is 13.0 Å². The van der Waals surface area contributed by atoms with Crippen molar-refractivity contribution < 1.29 is 18.3 Å². The zero-order valence-electron chi connectivity index (χ0n) is 7.76. The van der Waals surface area contributed by atoms with Crippen molar-refractivity contribution in [2.45, 2.75) is 36.5 Å². The lowest BCUT2D eigenvalue weighted by Gasteiger charge is -2.24. The minimum atomic E-state index is -4.22. The van der Waals surface area contributed by atoms with Crippen molar-refractivity contribution in [1.82, 2.24) is 4.90 Å². The zero-order chi connectivity index (χ0) is 10.9. The summed E-state index contributed by atoms with van der Waals surface area (Å²) in [6, 6.07) is 0.0207. The van der Waals surface area contributed by atoms with E-state index in [1.165, 1.54) is 0 Å². The Balaban J connectivity index is 2.45. The van der Waals surface area contributed by atoms with E-state index in [2.05, 4.69) is 15.9 Å². The molecule has 0 aromatic heterocycles. The molecule has 0 aromatic carbocycles. The van der Waals surface area contributed by atoms with E-state index in [9.17, 15) is 18.3 Å². The van der Waals surface area contributed by atoms with Gasteiger partial charge in [-0.05, 0) is 13.3 Å². The molecule has 3 atom stereocenters. The summed E-state index contributed by atoms with van der Waals surface area (Å²) in [6.45, 7) is 2.06. The number of alkyl halides is 4. The van der Waals surface area contributed by atoms with Crippen molar-refractivity contribution in [3.8, 4) is 0 Å². The van der Waals surface area contributed by atoms with Crippen molar-refractivity contribution in [1.29, 1.82) is 0 Å². The van der Waals surface area contributed by atoms with Gasteiger partial charge in [0.25, 0.3) is 0 Å². The number of aliphatic hydroxyl groups is 1. The molecular formula is C8H13BrF3NO. The summed E-state index contributed by atoms with van der Waals surface area (Å²) in [6.07, 6.45) is -4.15. The third-order valence-corrected chi connectivity index (χ3v) is 3.24. The molecule has 14 heavy (non-hydrogen) atoms. The van der Waals surface area contributed by atoms with Gasteiger partial charge in [0.2, 0.25) is 0 Å². The standard InChI is InChI=1S/C8H13BrF3NO/c1-5-2-6(14)3-13(5)4-7(9)8(10,11)12/h5-7,14H,2-4H2,1H3. The van der Waals surface area contributed by atoms with Crippen LogP contribution in [0.1, 0.15) is 13.3 Å². The first-order valence-electron chi connectivity index (χ1n) is 4.43. The molecule has 1 aliphatic rings. The Labute approximate surface area is 89.2 Å². The third-order valence-electron chi connectivity index (χ3n) is 2.43. The number of hydrogen-bond donors (Lipinski definition) is 1. The van der Waals surface area contributed by atoms with E-state index in [-0.39, 0.29) is 12.6 Å². The average Bonchev–Trinajstić information content (AvgIpc) is 2.28. The Kier molecular flexibility index (Phi) is 3.82. The predicted molar refractivity (Wildman–Crippen MR) is 50.4 cm³/mol. The summed E-state index contributed by atoms with van der Waals surface area (Å²) >= 11 is 2.61. The molecule has 6 heteroatoms. The average molecular weight is 276 g/mol. The molecule has 1 aliphatic heterocycles. The van der Waals surface area contributed by atoms with Gasteiger partial charge >= 0.3 is 6.18 Å². The van der Waals surface area contributed by atoms with E-state index in [1.54, 1.807) is 4.90 Å². The number of nitrogens with zero attached hydrogens (tertiary/aromatic N) is 1. The summed E-state index contributed by atoms with van der Waals surface area (Å²) in [5.74, 6) is 0. The molecule has 2 nitrogen and oxygen atoms in total. The molecule has 0 amide bonds. The molecule has 0 bridgehead atoms. The van der Waals surface area contributed by atoms with Crippen LogP contribution in [0.2, 0.25) is 0 Å².